The number of hydrazine groups is 1. The predicted molar refractivity (Wildman–Crippen MR) is 130 cm³/mol. The molecule has 3 aliphatic heterocycles. The van der Waals surface area contributed by atoms with E-state index in [9.17, 15) is 8.78 Å². The number of aromatic nitrogens is 4. The summed E-state index contributed by atoms with van der Waals surface area (Å²) in [6.07, 6.45) is 0.645. The average molecular weight is 501 g/mol. The van der Waals surface area contributed by atoms with E-state index >= 15 is 0 Å². The highest BCUT2D eigenvalue weighted by Gasteiger charge is 2.38. The van der Waals surface area contributed by atoms with Crippen molar-refractivity contribution in [1.29, 1.82) is 0 Å². The minimum atomic E-state index is -2.56. The lowest BCUT2D eigenvalue weighted by molar-refractivity contribution is 0.0190. The number of nitrogens with two attached hydrogens (primary N) is 1. The van der Waals surface area contributed by atoms with Crippen molar-refractivity contribution >= 4 is 22.5 Å². The number of hydrogen-bond donors (Lipinski definition) is 2. The molecule has 0 spiro atoms. The first-order valence-electron chi connectivity index (χ1n) is 12.4. The van der Waals surface area contributed by atoms with Crippen LogP contribution in [-0.4, -0.2) is 81.9 Å². The zero-order valence-electron chi connectivity index (χ0n) is 20.2. The van der Waals surface area contributed by atoms with E-state index in [1.807, 2.05) is 18.2 Å². The number of likely N-dealkylation sites (tertiary alicyclic amines) is 1. The first kappa shape index (κ1) is 23.2. The molecule has 3 aromatic rings. The van der Waals surface area contributed by atoms with E-state index < -0.39 is 6.43 Å². The van der Waals surface area contributed by atoms with Crippen LogP contribution in [0.4, 0.5) is 14.7 Å². The first-order chi connectivity index (χ1) is 17.5. The van der Waals surface area contributed by atoms with Crippen LogP contribution in [0.15, 0.2) is 29.6 Å². The number of anilines is 1. The maximum absolute atomic E-state index is 14.3. The van der Waals surface area contributed by atoms with E-state index in [-0.39, 0.29) is 23.6 Å². The van der Waals surface area contributed by atoms with Gasteiger partial charge in [-0.25, -0.2) is 24.2 Å². The summed E-state index contributed by atoms with van der Waals surface area (Å²) in [5.74, 6) is 1.48. The van der Waals surface area contributed by atoms with Crippen molar-refractivity contribution in [2.75, 3.05) is 45.7 Å². The molecule has 5 heterocycles. The second kappa shape index (κ2) is 9.32. The van der Waals surface area contributed by atoms with Crippen LogP contribution in [0.2, 0.25) is 0 Å². The van der Waals surface area contributed by atoms with Crippen molar-refractivity contribution in [3.63, 3.8) is 0 Å². The van der Waals surface area contributed by atoms with E-state index in [1.165, 1.54) is 0 Å². The van der Waals surface area contributed by atoms with Crippen LogP contribution in [0.25, 0.3) is 16.6 Å². The zero-order chi connectivity index (χ0) is 24.8. The van der Waals surface area contributed by atoms with Crippen LogP contribution >= 0.6 is 0 Å². The summed E-state index contributed by atoms with van der Waals surface area (Å²) in [6.45, 7) is 2.88. The summed E-state index contributed by atoms with van der Waals surface area (Å²) in [5.41, 5.74) is 11.5. The fourth-order valence-corrected chi connectivity index (χ4v) is 5.66. The molecule has 2 fully saturated rings. The Morgan fingerprint density at radius 3 is 2.81 bits per heavy atom. The third-order valence-electron chi connectivity index (χ3n) is 7.43. The molecular weight excluding hydrogens is 470 g/mol. The van der Waals surface area contributed by atoms with Gasteiger partial charge in [-0.2, -0.15) is 4.52 Å². The Kier molecular flexibility index (Phi) is 6.00. The number of benzene rings is 1. The van der Waals surface area contributed by atoms with Gasteiger partial charge in [-0.05, 0) is 37.8 Å². The smallest absolute Gasteiger partial charge is 0.281 e. The molecule has 0 saturated carbocycles. The number of methoxy groups -OCH3 is 1. The summed E-state index contributed by atoms with van der Waals surface area (Å²) in [7, 11) is 1.59. The molecule has 2 aromatic heterocycles. The van der Waals surface area contributed by atoms with Crippen molar-refractivity contribution in [3.8, 4) is 5.75 Å². The van der Waals surface area contributed by atoms with Gasteiger partial charge in [0.1, 0.15) is 17.0 Å². The van der Waals surface area contributed by atoms with Gasteiger partial charge in [0.15, 0.2) is 11.5 Å². The molecular formula is C24H30F2N8O2. The second-order valence-corrected chi connectivity index (χ2v) is 9.50. The van der Waals surface area contributed by atoms with Gasteiger partial charge < -0.3 is 25.1 Å². The summed E-state index contributed by atoms with van der Waals surface area (Å²) >= 11 is 0. The molecule has 0 aliphatic carbocycles. The van der Waals surface area contributed by atoms with E-state index in [0.717, 1.165) is 37.6 Å². The Morgan fingerprint density at radius 1 is 1.19 bits per heavy atom. The highest BCUT2D eigenvalue weighted by molar-refractivity contribution is 5.95. The van der Waals surface area contributed by atoms with Crippen LogP contribution in [0.1, 0.15) is 37.4 Å². The molecule has 1 aromatic carbocycles. The van der Waals surface area contributed by atoms with Gasteiger partial charge >= 0.3 is 0 Å². The largest absolute Gasteiger partial charge is 0.494 e. The highest BCUT2D eigenvalue weighted by Crippen LogP contribution is 2.35. The van der Waals surface area contributed by atoms with Crippen LogP contribution in [0.5, 0.6) is 5.75 Å². The molecule has 192 valence electrons. The summed E-state index contributed by atoms with van der Waals surface area (Å²) in [6, 6.07) is 5.64. The molecule has 3 aliphatic rings. The van der Waals surface area contributed by atoms with Gasteiger partial charge in [0.25, 0.3) is 6.43 Å². The van der Waals surface area contributed by atoms with Crippen LogP contribution in [0.3, 0.4) is 0 Å². The van der Waals surface area contributed by atoms with E-state index in [1.54, 1.807) is 16.6 Å². The molecule has 3 N–H and O–H groups in total. The number of ether oxygens (including phenoxy) is 2. The maximum Gasteiger partial charge on any atom is 0.281 e. The van der Waals surface area contributed by atoms with Gasteiger partial charge in [0.2, 0.25) is 5.95 Å². The third kappa shape index (κ3) is 3.88. The third-order valence-corrected chi connectivity index (χ3v) is 7.43. The van der Waals surface area contributed by atoms with Crippen LogP contribution in [-0.2, 0) is 4.74 Å². The first-order valence-corrected chi connectivity index (χ1v) is 12.4. The average Bonchev–Trinajstić information content (AvgIpc) is 3.55. The SMILES string of the molecule is COc1cccc2c1nc(N)n1nc([C@@H]3CCCN(C4=C(C(F)F)N(C5CCOCC5)NC4)C3)nc21. The molecule has 2 saturated heterocycles. The number of nitrogens with zero attached hydrogens (tertiary/aromatic N) is 6. The molecule has 0 unspecified atom stereocenters. The number of nitrogen functional groups attached to an aromatic ring is 1. The van der Waals surface area contributed by atoms with Gasteiger partial charge in [-0.15, -0.1) is 5.10 Å². The number of halogens is 2. The summed E-state index contributed by atoms with van der Waals surface area (Å²) in [4.78, 5) is 11.4. The lowest BCUT2D eigenvalue weighted by atomic mass is 9.96. The van der Waals surface area contributed by atoms with Gasteiger partial charge in [0.05, 0.1) is 19.4 Å². The van der Waals surface area contributed by atoms with Crippen molar-refractivity contribution in [2.24, 2.45) is 0 Å². The summed E-state index contributed by atoms with van der Waals surface area (Å²) in [5, 5.41) is 7.18. The molecule has 0 radical (unpaired) electrons. The lowest BCUT2D eigenvalue weighted by Crippen LogP contribution is -2.45. The molecule has 1 atom stereocenters. The quantitative estimate of drug-likeness (QED) is 0.547. The molecule has 6 rings (SSSR count). The number of piperidine rings is 1. The van der Waals surface area contributed by atoms with E-state index in [0.29, 0.717) is 54.7 Å². The van der Waals surface area contributed by atoms with E-state index in [2.05, 4.69) is 15.3 Å². The topological polar surface area (TPSA) is 106 Å². The van der Waals surface area contributed by atoms with Crippen molar-refractivity contribution < 1.29 is 18.3 Å². The Bertz CT molecular complexity index is 1310. The van der Waals surface area contributed by atoms with Crippen molar-refractivity contribution in [1.82, 2.24) is 34.9 Å². The van der Waals surface area contributed by atoms with Crippen molar-refractivity contribution in [3.05, 3.63) is 35.4 Å². The molecule has 12 heteroatoms. The number of alkyl halides is 2. The minimum absolute atomic E-state index is 0.0118. The predicted octanol–water partition coefficient (Wildman–Crippen LogP) is 2.52. The van der Waals surface area contributed by atoms with Gasteiger partial charge in [-0.1, -0.05) is 6.07 Å². The summed E-state index contributed by atoms with van der Waals surface area (Å²) < 4.78 is 41.0. The molecule has 0 amide bonds. The molecule has 10 nitrogen and oxygen atoms in total. The lowest BCUT2D eigenvalue weighted by Gasteiger charge is -2.36. The monoisotopic (exact) mass is 500 g/mol. The van der Waals surface area contributed by atoms with Crippen molar-refractivity contribution in [2.45, 2.75) is 44.1 Å². The molecule has 0 bridgehead atoms. The van der Waals surface area contributed by atoms with Gasteiger partial charge in [0, 0.05) is 43.6 Å². The second-order valence-electron chi connectivity index (χ2n) is 9.50. The zero-order valence-corrected chi connectivity index (χ0v) is 20.2. The minimum Gasteiger partial charge on any atom is -0.494 e. The highest BCUT2D eigenvalue weighted by atomic mass is 19.3. The standard InChI is InChI=1S/C24H30F2N8O2/c1-35-18-6-2-5-16-19(18)29-24(27)34-23(16)30-22(31-34)14-4-3-9-32(13-14)17-12-28-33(20(17)21(25)26)15-7-10-36-11-8-15/h2,5-6,14-15,21,28H,3-4,7-13H2,1H3,(H2,27,29)/t14-/m1/s1. The Morgan fingerprint density at radius 2 is 2.03 bits per heavy atom. The Hall–Kier alpha value is -3.25. The number of para-hydroxylation sites is 1. The number of rotatable bonds is 5. The number of hydrogen-bond acceptors (Lipinski definition) is 9. The number of allylic oxidation sites excluding steroid dienone is 1. The Labute approximate surface area is 207 Å². The van der Waals surface area contributed by atoms with Crippen LogP contribution < -0.4 is 15.9 Å². The number of nitrogens with one attached hydrogen (secondary N) is 1. The van der Waals surface area contributed by atoms with E-state index in [4.69, 9.17) is 25.3 Å². The maximum atomic E-state index is 14.3. The normalized spacial score (nSPS) is 21.9. The number of fused-ring (bicyclic) bond motifs is 3. The Balaban J connectivity index is 1.32. The molecule has 36 heavy (non-hydrogen) atoms. The fourth-order valence-electron chi connectivity index (χ4n) is 5.66. The van der Waals surface area contributed by atoms with Crippen LogP contribution in [0, 0.1) is 0 Å². The van der Waals surface area contributed by atoms with Gasteiger partial charge in [-0.3, -0.25) is 0 Å². The fraction of sp³-hybridized carbons (Fsp3) is 0.542.